The number of carbonyl (C=O) groups is 2. The molecule has 0 bridgehead atoms. The number of imidazole rings is 1. The summed E-state index contributed by atoms with van der Waals surface area (Å²) in [5.74, 6) is 0.0505. The van der Waals surface area contributed by atoms with Gasteiger partial charge in [0.25, 0.3) is 0 Å². The van der Waals surface area contributed by atoms with Crippen LogP contribution in [0.15, 0.2) is 24.1 Å². The molecule has 144 valence electrons. The fourth-order valence-electron chi connectivity index (χ4n) is 4.08. The number of ether oxygens (including phenoxy) is 1. The Bertz CT molecular complexity index is 809. The van der Waals surface area contributed by atoms with Crippen molar-refractivity contribution in [1.29, 1.82) is 0 Å². The minimum Gasteiger partial charge on any atom is -0.460 e. The van der Waals surface area contributed by atoms with Crippen molar-refractivity contribution in [3.8, 4) is 0 Å². The van der Waals surface area contributed by atoms with Crippen LogP contribution < -0.4 is 0 Å². The molecule has 0 saturated carbocycles. The van der Waals surface area contributed by atoms with E-state index in [4.69, 9.17) is 4.74 Å². The summed E-state index contributed by atoms with van der Waals surface area (Å²) >= 11 is 1.61. The van der Waals surface area contributed by atoms with E-state index < -0.39 is 5.41 Å². The predicted molar refractivity (Wildman–Crippen MR) is 100 cm³/mol. The largest absolute Gasteiger partial charge is 0.460 e. The van der Waals surface area contributed by atoms with E-state index >= 15 is 0 Å². The first-order valence-corrected chi connectivity index (χ1v) is 10.3. The molecule has 0 aliphatic carbocycles. The average Bonchev–Trinajstić information content (AvgIpc) is 3.37. The van der Waals surface area contributed by atoms with Crippen LogP contribution in [0.25, 0.3) is 0 Å². The zero-order valence-electron chi connectivity index (χ0n) is 15.5. The zero-order valence-corrected chi connectivity index (χ0v) is 16.3. The second-order valence-electron chi connectivity index (χ2n) is 7.51. The van der Waals surface area contributed by atoms with Gasteiger partial charge in [-0.25, -0.2) is 9.97 Å². The molecule has 7 nitrogen and oxygen atoms in total. The summed E-state index contributed by atoms with van der Waals surface area (Å²) in [6.07, 6.45) is 8.49. The number of rotatable bonds is 5. The number of hydrogen-bond donors (Lipinski definition) is 0. The molecular weight excluding hydrogens is 364 g/mol. The number of likely N-dealkylation sites (tertiary alicyclic amines) is 1. The van der Waals surface area contributed by atoms with Crippen molar-refractivity contribution in [3.05, 3.63) is 34.8 Å². The highest BCUT2D eigenvalue weighted by atomic mass is 32.1. The Morgan fingerprint density at radius 3 is 2.89 bits per heavy atom. The number of carbonyl (C=O) groups excluding carboxylic acids is 2. The number of aromatic nitrogens is 3. The molecule has 0 radical (unpaired) electrons. The number of amides is 1. The molecule has 1 amide bonds. The summed E-state index contributed by atoms with van der Waals surface area (Å²) < 4.78 is 7.57. The molecule has 1 spiro atoms. The lowest BCUT2D eigenvalue weighted by atomic mass is 9.76. The molecule has 2 aliphatic rings. The molecule has 4 rings (SSSR count). The first-order valence-electron chi connectivity index (χ1n) is 9.40. The van der Waals surface area contributed by atoms with E-state index in [1.807, 2.05) is 28.0 Å². The van der Waals surface area contributed by atoms with E-state index in [2.05, 4.69) is 9.97 Å². The Labute approximate surface area is 162 Å². The maximum Gasteiger partial charge on any atom is 0.312 e. The van der Waals surface area contributed by atoms with Gasteiger partial charge in [0.15, 0.2) is 0 Å². The van der Waals surface area contributed by atoms with E-state index in [1.54, 1.807) is 23.9 Å². The molecule has 2 saturated heterocycles. The smallest absolute Gasteiger partial charge is 0.312 e. The summed E-state index contributed by atoms with van der Waals surface area (Å²) in [5, 5.41) is 3.05. The standard InChI is InChI=1S/C19H24N4O3S/c1-14-21-15(12-27-14)2-3-17(24)23-7-4-19(5-8-23)10-16(26-18(19)25)11-22-9-6-20-13-22/h6,9,12-13,16H,2-5,7-8,10-11H2,1H3. The van der Waals surface area contributed by atoms with Gasteiger partial charge in [0.2, 0.25) is 5.91 Å². The van der Waals surface area contributed by atoms with Crippen molar-refractivity contribution >= 4 is 23.2 Å². The number of nitrogens with zero attached hydrogens (tertiary/aromatic N) is 4. The average molecular weight is 388 g/mol. The number of cyclic esters (lactones) is 1. The highest BCUT2D eigenvalue weighted by Gasteiger charge is 2.50. The molecule has 4 heterocycles. The van der Waals surface area contributed by atoms with Crippen LogP contribution in [0.4, 0.5) is 0 Å². The summed E-state index contributed by atoms with van der Waals surface area (Å²) in [7, 11) is 0. The molecule has 2 aliphatic heterocycles. The van der Waals surface area contributed by atoms with E-state index in [9.17, 15) is 9.59 Å². The van der Waals surface area contributed by atoms with Crippen molar-refractivity contribution in [2.24, 2.45) is 5.41 Å². The summed E-state index contributed by atoms with van der Waals surface area (Å²) in [6, 6.07) is 0. The molecule has 1 unspecified atom stereocenters. The Morgan fingerprint density at radius 2 is 2.22 bits per heavy atom. The highest BCUT2D eigenvalue weighted by molar-refractivity contribution is 7.09. The fraction of sp³-hybridized carbons (Fsp3) is 0.579. The molecule has 8 heteroatoms. The Balaban J connectivity index is 1.28. The van der Waals surface area contributed by atoms with Gasteiger partial charge in [0.1, 0.15) is 6.10 Å². The topological polar surface area (TPSA) is 77.3 Å². The third-order valence-corrected chi connectivity index (χ3v) is 6.46. The Hall–Kier alpha value is -2.22. The van der Waals surface area contributed by atoms with E-state index in [0.717, 1.165) is 17.1 Å². The molecule has 2 aromatic heterocycles. The maximum atomic E-state index is 12.5. The lowest BCUT2D eigenvalue weighted by Gasteiger charge is -2.36. The SMILES string of the molecule is Cc1nc(CCC(=O)N2CCC3(CC2)CC(Cn2ccnc2)OC3=O)cs1. The number of esters is 1. The van der Waals surface area contributed by atoms with Crippen LogP contribution in [0.5, 0.6) is 0 Å². The van der Waals surface area contributed by atoms with Gasteiger partial charge in [-0.15, -0.1) is 11.3 Å². The van der Waals surface area contributed by atoms with Crippen LogP contribution in [0.1, 0.15) is 36.4 Å². The lowest BCUT2D eigenvalue weighted by molar-refractivity contribution is -0.152. The number of piperidine rings is 1. The molecule has 1 atom stereocenters. The summed E-state index contributed by atoms with van der Waals surface area (Å²) in [5.41, 5.74) is 0.565. The zero-order chi connectivity index (χ0) is 18.9. The predicted octanol–water partition coefficient (Wildman–Crippen LogP) is 2.21. The van der Waals surface area contributed by atoms with Crippen LogP contribution in [0.3, 0.4) is 0 Å². The van der Waals surface area contributed by atoms with Crippen molar-refractivity contribution in [2.75, 3.05) is 13.1 Å². The van der Waals surface area contributed by atoms with Crippen LogP contribution in [0.2, 0.25) is 0 Å². The minimum absolute atomic E-state index is 0.0994. The second-order valence-corrected chi connectivity index (χ2v) is 8.57. The van der Waals surface area contributed by atoms with Crippen molar-refractivity contribution in [3.63, 3.8) is 0 Å². The van der Waals surface area contributed by atoms with Crippen LogP contribution in [0, 0.1) is 12.3 Å². The number of hydrogen-bond acceptors (Lipinski definition) is 6. The van der Waals surface area contributed by atoms with Crippen molar-refractivity contribution in [1.82, 2.24) is 19.4 Å². The Kier molecular flexibility index (Phi) is 4.99. The third-order valence-electron chi connectivity index (χ3n) is 5.63. The van der Waals surface area contributed by atoms with Crippen molar-refractivity contribution in [2.45, 2.75) is 51.7 Å². The fourth-order valence-corrected chi connectivity index (χ4v) is 4.72. The first kappa shape index (κ1) is 18.2. The van der Waals surface area contributed by atoms with Gasteiger partial charge < -0.3 is 14.2 Å². The van der Waals surface area contributed by atoms with E-state index in [1.165, 1.54) is 0 Å². The van der Waals surface area contributed by atoms with Gasteiger partial charge in [0.05, 0.1) is 29.0 Å². The maximum absolute atomic E-state index is 12.5. The number of thiazole rings is 1. The normalized spacial score (nSPS) is 21.6. The van der Waals surface area contributed by atoms with Crippen molar-refractivity contribution < 1.29 is 14.3 Å². The quantitative estimate of drug-likeness (QED) is 0.734. The monoisotopic (exact) mass is 388 g/mol. The lowest BCUT2D eigenvalue weighted by Crippen LogP contribution is -2.45. The van der Waals surface area contributed by atoms with Crippen LogP contribution in [-0.2, 0) is 27.3 Å². The second kappa shape index (κ2) is 7.42. The van der Waals surface area contributed by atoms with E-state index in [0.29, 0.717) is 45.3 Å². The number of aryl methyl sites for hydroxylation is 2. The molecule has 2 aromatic rings. The van der Waals surface area contributed by atoms with Gasteiger partial charge in [-0.3, -0.25) is 9.59 Å². The molecule has 2 fully saturated rings. The molecule has 0 N–H and O–H groups in total. The van der Waals surface area contributed by atoms with Crippen LogP contribution >= 0.6 is 11.3 Å². The third kappa shape index (κ3) is 3.90. The van der Waals surface area contributed by atoms with Gasteiger partial charge in [0, 0.05) is 43.7 Å². The summed E-state index contributed by atoms with van der Waals surface area (Å²) in [4.78, 5) is 35.4. The molecular formula is C19H24N4O3S. The minimum atomic E-state index is -0.423. The van der Waals surface area contributed by atoms with Gasteiger partial charge in [-0.2, -0.15) is 0 Å². The van der Waals surface area contributed by atoms with Gasteiger partial charge >= 0.3 is 5.97 Å². The van der Waals surface area contributed by atoms with Gasteiger partial charge in [-0.1, -0.05) is 0 Å². The van der Waals surface area contributed by atoms with Crippen LogP contribution in [-0.4, -0.2) is 50.5 Å². The molecule has 27 heavy (non-hydrogen) atoms. The first-order chi connectivity index (χ1) is 13.0. The Morgan fingerprint density at radius 1 is 1.41 bits per heavy atom. The molecule has 0 aromatic carbocycles. The van der Waals surface area contributed by atoms with Gasteiger partial charge in [-0.05, 0) is 26.2 Å². The summed E-state index contributed by atoms with van der Waals surface area (Å²) in [6.45, 7) is 3.87. The highest BCUT2D eigenvalue weighted by Crippen LogP contribution is 2.43. The van der Waals surface area contributed by atoms with E-state index in [-0.39, 0.29) is 18.0 Å².